The van der Waals surface area contributed by atoms with Crippen LogP contribution in [0.25, 0.3) is 61.7 Å². The van der Waals surface area contributed by atoms with E-state index < -0.39 is 0 Å². The fourth-order valence-corrected chi connectivity index (χ4v) is 6.55. The average molecular weight is 603 g/mol. The summed E-state index contributed by atoms with van der Waals surface area (Å²) in [6.45, 7) is 4.62. The van der Waals surface area contributed by atoms with E-state index in [-0.39, 0.29) is 5.41 Å². The Morgan fingerprint density at radius 3 is 1.93 bits per heavy atom. The summed E-state index contributed by atoms with van der Waals surface area (Å²) in [5.74, 6) is 1.87. The van der Waals surface area contributed by atoms with Gasteiger partial charge in [-0.1, -0.05) is 108 Å². The van der Waals surface area contributed by atoms with Gasteiger partial charge in [-0.25, -0.2) is 15.0 Å². The van der Waals surface area contributed by atoms with E-state index >= 15 is 0 Å². The van der Waals surface area contributed by atoms with Crippen molar-refractivity contribution in [3.63, 3.8) is 0 Å². The van der Waals surface area contributed by atoms with Crippen molar-refractivity contribution in [1.82, 2.24) is 19.5 Å². The maximum atomic E-state index is 5.98. The van der Waals surface area contributed by atoms with Crippen LogP contribution in [-0.4, -0.2) is 27.4 Å². The minimum absolute atomic E-state index is 0.226. The predicted octanol–water partition coefficient (Wildman–Crippen LogP) is 8.17. The molecule has 7 aromatic rings. The topological polar surface area (TPSA) is 43.6 Å². The molecule has 0 N–H and O–H groups in total. The lowest BCUT2D eigenvalue weighted by Crippen LogP contribution is -2.26. The molecule has 0 unspecified atom stereocenters. The second-order valence-electron chi connectivity index (χ2n) is 11.3. The Balaban J connectivity index is 1.36. The van der Waals surface area contributed by atoms with Crippen molar-refractivity contribution in [2.24, 2.45) is 0 Å². The molecule has 1 aliphatic rings. The lowest BCUT2D eigenvalue weighted by atomic mass is 9.74. The largest absolute Gasteiger partial charge is 0.309 e. The molecule has 0 amide bonds. The summed E-state index contributed by atoms with van der Waals surface area (Å²) in [5, 5.41) is 2.56. The molecule has 0 aliphatic carbocycles. The number of aromatic nitrogens is 4. The Kier molecular flexibility index (Phi) is 5.54. The zero-order chi connectivity index (χ0) is 28.6. The standard InChI is InChI=1S/C36H24BBrN4/c1-36(2)28-8-5-7-27-26-6-3-4-9-30(26)42(32(27)28)31-19-14-23(20-29(31)36)35-40-33(21-10-15-24(37)16-11-21)39-34(41-35)22-12-17-25(38)18-13-22/h3-20H,1-2H3. The van der Waals surface area contributed by atoms with Crippen LogP contribution in [0.1, 0.15) is 25.0 Å². The lowest BCUT2D eigenvalue weighted by Gasteiger charge is -2.35. The van der Waals surface area contributed by atoms with Gasteiger partial charge in [-0.05, 0) is 47.5 Å². The Bertz CT molecular complexity index is 2120. The third-order valence-corrected chi connectivity index (χ3v) is 8.97. The molecule has 42 heavy (non-hydrogen) atoms. The minimum Gasteiger partial charge on any atom is -0.309 e. The van der Waals surface area contributed by atoms with Gasteiger partial charge < -0.3 is 4.57 Å². The first-order valence-electron chi connectivity index (χ1n) is 13.9. The summed E-state index contributed by atoms with van der Waals surface area (Å²) in [6.07, 6.45) is 0. The second-order valence-corrected chi connectivity index (χ2v) is 12.3. The Morgan fingerprint density at radius 2 is 1.21 bits per heavy atom. The number of halogens is 1. The third kappa shape index (κ3) is 3.78. The molecule has 0 atom stereocenters. The molecule has 0 bridgehead atoms. The monoisotopic (exact) mass is 602 g/mol. The van der Waals surface area contributed by atoms with E-state index in [4.69, 9.17) is 22.8 Å². The number of para-hydroxylation sites is 2. The minimum atomic E-state index is -0.226. The highest BCUT2D eigenvalue weighted by molar-refractivity contribution is 9.10. The summed E-state index contributed by atoms with van der Waals surface area (Å²) in [5.41, 5.74) is 9.48. The number of rotatable bonds is 3. The number of nitrogens with zero attached hydrogens (tertiary/aromatic N) is 4. The molecule has 8 rings (SSSR count). The number of fused-ring (bicyclic) bond motifs is 5. The van der Waals surface area contributed by atoms with Crippen molar-refractivity contribution in [2.75, 3.05) is 0 Å². The summed E-state index contributed by atoms with van der Waals surface area (Å²) < 4.78 is 3.42. The fraction of sp³-hybridized carbons (Fsp3) is 0.0833. The van der Waals surface area contributed by atoms with Crippen LogP contribution in [0.2, 0.25) is 0 Å². The van der Waals surface area contributed by atoms with Gasteiger partial charge in [-0.15, -0.1) is 0 Å². The fourth-order valence-electron chi connectivity index (χ4n) is 6.28. The smallest absolute Gasteiger partial charge is 0.164 e. The first-order valence-corrected chi connectivity index (χ1v) is 14.7. The van der Waals surface area contributed by atoms with Crippen molar-refractivity contribution in [3.8, 4) is 39.9 Å². The molecule has 2 radical (unpaired) electrons. The van der Waals surface area contributed by atoms with Crippen LogP contribution in [-0.2, 0) is 5.41 Å². The molecule has 198 valence electrons. The molecule has 3 heterocycles. The highest BCUT2D eigenvalue weighted by atomic mass is 79.9. The predicted molar refractivity (Wildman–Crippen MR) is 176 cm³/mol. The molecular weight excluding hydrogens is 579 g/mol. The maximum absolute atomic E-state index is 5.98. The second kappa shape index (κ2) is 9.23. The summed E-state index contributed by atoms with van der Waals surface area (Å²) in [6, 6.07) is 37.7. The van der Waals surface area contributed by atoms with Gasteiger partial charge in [-0.2, -0.15) is 0 Å². The Morgan fingerprint density at radius 1 is 0.619 bits per heavy atom. The molecule has 4 nitrogen and oxygen atoms in total. The van der Waals surface area contributed by atoms with E-state index in [1.807, 2.05) is 48.5 Å². The molecule has 6 heteroatoms. The molecular formula is C36H24BBrN4. The van der Waals surface area contributed by atoms with Gasteiger partial charge in [0.05, 0.1) is 16.7 Å². The number of hydrogen-bond donors (Lipinski definition) is 0. The van der Waals surface area contributed by atoms with Gasteiger partial charge in [0.15, 0.2) is 17.5 Å². The Labute approximate surface area is 253 Å². The summed E-state index contributed by atoms with van der Waals surface area (Å²) in [7, 11) is 5.98. The van der Waals surface area contributed by atoms with Gasteiger partial charge in [0, 0.05) is 37.4 Å². The van der Waals surface area contributed by atoms with Gasteiger partial charge in [0.25, 0.3) is 0 Å². The van der Waals surface area contributed by atoms with Crippen molar-refractivity contribution < 1.29 is 0 Å². The molecule has 0 spiro atoms. The van der Waals surface area contributed by atoms with Crippen molar-refractivity contribution >= 4 is 51.0 Å². The van der Waals surface area contributed by atoms with Gasteiger partial charge >= 0.3 is 0 Å². The SMILES string of the molecule is [B]c1ccc(-c2nc(-c3ccc(Br)cc3)nc(-c3ccc4c(c3)C(C)(C)c3cccc5c6ccccc6n-4c35)n2)cc1. The molecule has 0 saturated carbocycles. The van der Waals surface area contributed by atoms with Crippen LogP contribution in [0.5, 0.6) is 0 Å². The van der Waals surface area contributed by atoms with E-state index in [0.29, 0.717) is 22.9 Å². The van der Waals surface area contributed by atoms with Crippen LogP contribution >= 0.6 is 15.9 Å². The van der Waals surface area contributed by atoms with E-state index in [1.165, 1.54) is 38.6 Å². The van der Waals surface area contributed by atoms with Crippen molar-refractivity contribution in [3.05, 3.63) is 125 Å². The number of hydrogen-bond acceptors (Lipinski definition) is 3. The first-order chi connectivity index (χ1) is 20.4. The third-order valence-electron chi connectivity index (χ3n) is 8.44. The van der Waals surface area contributed by atoms with Crippen molar-refractivity contribution in [2.45, 2.75) is 19.3 Å². The molecule has 1 aliphatic heterocycles. The molecule has 2 aromatic heterocycles. The maximum Gasteiger partial charge on any atom is 0.164 e. The summed E-state index contributed by atoms with van der Waals surface area (Å²) >= 11 is 3.54. The van der Waals surface area contributed by atoms with Gasteiger partial charge in [-0.3, -0.25) is 0 Å². The quantitative estimate of drug-likeness (QED) is 0.192. The first kappa shape index (κ1) is 25.2. The molecule has 0 fully saturated rings. The summed E-state index contributed by atoms with van der Waals surface area (Å²) in [4.78, 5) is 14.9. The van der Waals surface area contributed by atoms with Crippen LogP contribution in [0.4, 0.5) is 0 Å². The zero-order valence-electron chi connectivity index (χ0n) is 23.1. The van der Waals surface area contributed by atoms with Crippen LogP contribution < -0.4 is 5.46 Å². The van der Waals surface area contributed by atoms with Gasteiger partial charge in [0.1, 0.15) is 7.85 Å². The average Bonchev–Trinajstić information content (AvgIpc) is 3.35. The van der Waals surface area contributed by atoms with Crippen LogP contribution in [0, 0.1) is 0 Å². The Hall–Kier alpha value is -4.55. The normalized spacial score (nSPS) is 13.4. The van der Waals surface area contributed by atoms with Crippen molar-refractivity contribution in [1.29, 1.82) is 0 Å². The molecule has 5 aromatic carbocycles. The van der Waals surface area contributed by atoms with E-state index in [9.17, 15) is 0 Å². The van der Waals surface area contributed by atoms with E-state index in [1.54, 1.807) is 0 Å². The van der Waals surface area contributed by atoms with Gasteiger partial charge in [0.2, 0.25) is 0 Å². The highest BCUT2D eigenvalue weighted by Gasteiger charge is 2.35. The lowest BCUT2D eigenvalue weighted by molar-refractivity contribution is 0.630. The zero-order valence-corrected chi connectivity index (χ0v) is 24.7. The molecule has 0 saturated heterocycles. The highest BCUT2D eigenvalue weighted by Crippen LogP contribution is 2.48. The van der Waals surface area contributed by atoms with E-state index in [2.05, 4.69) is 95.0 Å². The van der Waals surface area contributed by atoms with Crippen LogP contribution in [0.15, 0.2) is 114 Å². The van der Waals surface area contributed by atoms with Crippen LogP contribution in [0.3, 0.4) is 0 Å². The number of benzene rings is 5. The van der Waals surface area contributed by atoms with E-state index in [0.717, 1.165) is 21.2 Å².